The molecule has 0 unspecified atom stereocenters. The zero-order chi connectivity index (χ0) is 16.9. The zero-order valence-corrected chi connectivity index (χ0v) is 15.1. The van der Waals surface area contributed by atoms with E-state index in [2.05, 4.69) is 65.5 Å². The first-order valence-corrected chi connectivity index (χ1v) is 8.62. The van der Waals surface area contributed by atoms with Crippen molar-refractivity contribution in [3.8, 4) is 11.4 Å². The number of anilines is 1. The van der Waals surface area contributed by atoms with Crippen molar-refractivity contribution in [2.45, 2.75) is 33.2 Å². The molecule has 0 saturated carbocycles. The first kappa shape index (κ1) is 16.5. The molecule has 124 valence electrons. The van der Waals surface area contributed by atoms with Gasteiger partial charge in [-0.1, -0.05) is 41.9 Å². The summed E-state index contributed by atoms with van der Waals surface area (Å²) in [4.78, 5) is 8.98. The molecule has 0 aliphatic carbocycles. The van der Waals surface area contributed by atoms with Crippen molar-refractivity contribution in [2.24, 2.45) is 0 Å². The summed E-state index contributed by atoms with van der Waals surface area (Å²) in [6, 6.07) is 7.86. The van der Waals surface area contributed by atoms with Gasteiger partial charge in [-0.25, -0.2) is 9.97 Å². The van der Waals surface area contributed by atoms with Gasteiger partial charge >= 0.3 is 0 Å². The van der Waals surface area contributed by atoms with Gasteiger partial charge in [-0.05, 0) is 25.0 Å². The SMILES string of the molecule is CCc1nnc(NCc2nc(-c3ccc(Br)cc3)n[nH]2)nc1CC. The molecule has 0 amide bonds. The van der Waals surface area contributed by atoms with Crippen molar-refractivity contribution in [1.29, 1.82) is 0 Å². The molecule has 0 spiro atoms. The summed E-state index contributed by atoms with van der Waals surface area (Å²) in [5, 5.41) is 18.6. The number of nitrogens with zero attached hydrogens (tertiary/aromatic N) is 5. The summed E-state index contributed by atoms with van der Waals surface area (Å²) >= 11 is 3.42. The summed E-state index contributed by atoms with van der Waals surface area (Å²) in [5.41, 5.74) is 2.88. The molecule has 2 aromatic heterocycles. The van der Waals surface area contributed by atoms with E-state index in [-0.39, 0.29) is 0 Å². The number of aromatic amines is 1. The average Bonchev–Trinajstić information content (AvgIpc) is 3.09. The highest BCUT2D eigenvalue weighted by atomic mass is 79.9. The molecule has 0 bridgehead atoms. The first-order chi connectivity index (χ1) is 11.7. The van der Waals surface area contributed by atoms with Gasteiger partial charge in [0, 0.05) is 10.0 Å². The van der Waals surface area contributed by atoms with E-state index < -0.39 is 0 Å². The van der Waals surface area contributed by atoms with E-state index in [9.17, 15) is 0 Å². The Hall–Kier alpha value is -2.35. The summed E-state index contributed by atoms with van der Waals surface area (Å²) in [6.07, 6.45) is 1.67. The van der Waals surface area contributed by atoms with Crippen LogP contribution in [0.5, 0.6) is 0 Å². The number of halogens is 1. The molecule has 3 rings (SSSR count). The lowest BCUT2D eigenvalue weighted by molar-refractivity contribution is 0.814. The predicted octanol–water partition coefficient (Wildman–Crippen LogP) is 3.16. The number of benzene rings is 1. The Bertz CT molecular complexity index is 814. The van der Waals surface area contributed by atoms with Crippen LogP contribution in [0.4, 0.5) is 5.95 Å². The molecule has 0 saturated heterocycles. The third-order valence-electron chi connectivity index (χ3n) is 3.56. The first-order valence-electron chi connectivity index (χ1n) is 7.83. The minimum absolute atomic E-state index is 0.458. The number of hydrogen-bond donors (Lipinski definition) is 2. The van der Waals surface area contributed by atoms with Crippen LogP contribution in [0.2, 0.25) is 0 Å². The smallest absolute Gasteiger partial charge is 0.243 e. The Morgan fingerprint density at radius 2 is 1.75 bits per heavy atom. The third-order valence-corrected chi connectivity index (χ3v) is 4.09. The summed E-state index contributed by atoms with van der Waals surface area (Å²) in [5.74, 6) is 1.88. The van der Waals surface area contributed by atoms with E-state index in [1.807, 2.05) is 24.3 Å². The second kappa shape index (κ2) is 7.48. The molecule has 24 heavy (non-hydrogen) atoms. The topological polar surface area (TPSA) is 92.3 Å². The van der Waals surface area contributed by atoms with Gasteiger partial charge in [0.25, 0.3) is 0 Å². The van der Waals surface area contributed by atoms with E-state index in [1.165, 1.54) is 0 Å². The lowest BCUT2D eigenvalue weighted by Gasteiger charge is -2.06. The van der Waals surface area contributed by atoms with E-state index in [4.69, 9.17) is 0 Å². The van der Waals surface area contributed by atoms with Gasteiger partial charge < -0.3 is 5.32 Å². The number of hydrogen-bond acceptors (Lipinski definition) is 6. The fourth-order valence-electron chi connectivity index (χ4n) is 2.28. The standard InChI is InChI=1S/C16H18BrN7/c1-3-12-13(4-2)21-24-16(19-12)18-9-14-20-15(23-22-14)10-5-7-11(17)8-6-10/h5-8H,3-4,9H2,1-2H3,(H,18,19,24)(H,20,22,23). The van der Waals surface area contributed by atoms with Crippen molar-refractivity contribution in [3.63, 3.8) is 0 Å². The molecule has 0 atom stereocenters. The molecule has 0 fully saturated rings. The average molecular weight is 388 g/mol. The molecule has 0 radical (unpaired) electrons. The van der Waals surface area contributed by atoms with Gasteiger partial charge in [0.05, 0.1) is 17.9 Å². The van der Waals surface area contributed by atoms with Crippen molar-refractivity contribution in [2.75, 3.05) is 5.32 Å². The fraction of sp³-hybridized carbons (Fsp3) is 0.312. The lowest BCUT2D eigenvalue weighted by Crippen LogP contribution is -2.10. The Labute approximate surface area is 148 Å². The van der Waals surface area contributed by atoms with E-state index >= 15 is 0 Å². The van der Waals surface area contributed by atoms with Gasteiger partial charge in [-0.2, -0.15) is 10.2 Å². The molecular formula is C16H18BrN7. The van der Waals surface area contributed by atoms with Gasteiger partial charge in [-0.3, -0.25) is 5.10 Å². The Kier molecular flexibility index (Phi) is 5.14. The summed E-state index contributed by atoms with van der Waals surface area (Å²) in [7, 11) is 0. The highest BCUT2D eigenvalue weighted by molar-refractivity contribution is 9.10. The fourth-order valence-corrected chi connectivity index (χ4v) is 2.54. The summed E-state index contributed by atoms with van der Waals surface area (Å²) in [6.45, 7) is 4.57. The Balaban J connectivity index is 1.68. The van der Waals surface area contributed by atoms with Gasteiger partial charge in [0.1, 0.15) is 5.82 Å². The highest BCUT2D eigenvalue weighted by Gasteiger charge is 2.08. The molecule has 0 aliphatic rings. The second-order valence-electron chi connectivity index (χ2n) is 5.20. The minimum Gasteiger partial charge on any atom is -0.346 e. The van der Waals surface area contributed by atoms with Crippen LogP contribution < -0.4 is 5.32 Å². The summed E-state index contributed by atoms with van der Waals surface area (Å²) < 4.78 is 1.02. The number of H-pyrrole nitrogens is 1. The van der Waals surface area contributed by atoms with E-state index in [0.29, 0.717) is 24.1 Å². The number of nitrogens with one attached hydrogen (secondary N) is 2. The number of rotatable bonds is 6. The van der Waals surface area contributed by atoms with Gasteiger partial charge in [-0.15, -0.1) is 5.10 Å². The lowest BCUT2D eigenvalue weighted by atomic mass is 10.2. The highest BCUT2D eigenvalue weighted by Crippen LogP contribution is 2.18. The van der Waals surface area contributed by atoms with Crippen molar-refractivity contribution in [1.82, 2.24) is 30.4 Å². The van der Waals surface area contributed by atoms with Crippen molar-refractivity contribution < 1.29 is 0 Å². The number of aryl methyl sites for hydroxylation is 2. The van der Waals surface area contributed by atoms with Crippen LogP contribution in [0.3, 0.4) is 0 Å². The number of aromatic nitrogens is 6. The maximum Gasteiger partial charge on any atom is 0.243 e. The second-order valence-corrected chi connectivity index (χ2v) is 6.12. The molecule has 2 heterocycles. The van der Waals surface area contributed by atoms with Crippen LogP contribution >= 0.6 is 15.9 Å². The van der Waals surface area contributed by atoms with Crippen LogP contribution in [-0.4, -0.2) is 30.4 Å². The largest absolute Gasteiger partial charge is 0.346 e. The minimum atomic E-state index is 0.458. The van der Waals surface area contributed by atoms with Crippen LogP contribution in [-0.2, 0) is 19.4 Å². The van der Waals surface area contributed by atoms with Gasteiger partial charge in [0.15, 0.2) is 5.82 Å². The van der Waals surface area contributed by atoms with Crippen LogP contribution in [0.15, 0.2) is 28.7 Å². The molecule has 8 heteroatoms. The molecule has 1 aromatic carbocycles. The van der Waals surface area contributed by atoms with E-state index in [1.54, 1.807) is 0 Å². The molecule has 3 aromatic rings. The molecule has 7 nitrogen and oxygen atoms in total. The van der Waals surface area contributed by atoms with E-state index in [0.717, 1.165) is 34.3 Å². The van der Waals surface area contributed by atoms with Crippen molar-refractivity contribution in [3.05, 3.63) is 46.0 Å². The monoisotopic (exact) mass is 387 g/mol. The van der Waals surface area contributed by atoms with Crippen LogP contribution in [0.25, 0.3) is 11.4 Å². The third kappa shape index (κ3) is 3.76. The van der Waals surface area contributed by atoms with Crippen LogP contribution in [0, 0.1) is 0 Å². The quantitative estimate of drug-likeness (QED) is 0.674. The van der Waals surface area contributed by atoms with Crippen LogP contribution in [0.1, 0.15) is 31.1 Å². The maximum atomic E-state index is 4.50. The van der Waals surface area contributed by atoms with Crippen molar-refractivity contribution >= 4 is 21.9 Å². The predicted molar refractivity (Wildman–Crippen MR) is 95.4 cm³/mol. The molecule has 2 N–H and O–H groups in total. The molecular weight excluding hydrogens is 370 g/mol. The zero-order valence-electron chi connectivity index (χ0n) is 13.5. The maximum absolute atomic E-state index is 4.50. The van der Waals surface area contributed by atoms with Gasteiger partial charge in [0.2, 0.25) is 5.95 Å². The molecule has 0 aliphatic heterocycles. The Morgan fingerprint density at radius 1 is 1.00 bits per heavy atom. The Morgan fingerprint density at radius 3 is 2.46 bits per heavy atom. The normalized spacial score (nSPS) is 10.8.